The highest BCUT2D eigenvalue weighted by molar-refractivity contribution is 5.24. The van der Waals surface area contributed by atoms with Crippen LogP contribution in [-0.4, -0.2) is 11.1 Å². The monoisotopic (exact) mass is 268 g/mol. The molecule has 1 aliphatic carbocycles. The van der Waals surface area contributed by atoms with Gasteiger partial charge < -0.3 is 9.88 Å². The van der Waals surface area contributed by atoms with Crippen LogP contribution in [0.25, 0.3) is 0 Å². The Morgan fingerprint density at radius 2 is 2.15 bits per heavy atom. The lowest BCUT2D eigenvalue weighted by Crippen LogP contribution is -2.22. The van der Waals surface area contributed by atoms with E-state index in [1.807, 2.05) is 0 Å². The fourth-order valence-electron chi connectivity index (χ4n) is 2.97. The largest absolute Gasteiger partial charge is 0.350 e. The maximum atomic E-state index is 3.63. The van der Waals surface area contributed by atoms with Gasteiger partial charge in [-0.15, -0.1) is 0 Å². The van der Waals surface area contributed by atoms with Crippen LogP contribution in [0.1, 0.15) is 42.5 Å². The van der Waals surface area contributed by atoms with Crippen molar-refractivity contribution < 1.29 is 0 Å². The molecule has 3 rings (SSSR count). The van der Waals surface area contributed by atoms with Crippen molar-refractivity contribution in [1.29, 1.82) is 0 Å². The van der Waals surface area contributed by atoms with Crippen molar-refractivity contribution in [3.63, 3.8) is 0 Å². The second-order valence-corrected chi connectivity index (χ2v) is 5.98. The van der Waals surface area contributed by atoms with Crippen LogP contribution < -0.4 is 5.32 Å². The minimum Gasteiger partial charge on any atom is -0.350 e. The Morgan fingerprint density at radius 3 is 2.85 bits per heavy atom. The molecule has 0 radical (unpaired) electrons. The molecule has 1 aromatic carbocycles. The molecular weight excluding hydrogens is 244 g/mol. The summed E-state index contributed by atoms with van der Waals surface area (Å²) in [6.45, 7) is 6.35. The summed E-state index contributed by atoms with van der Waals surface area (Å²) in [7, 11) is 0. The van der Waals surface area contributed by atoms with Gasteiger partial charge in [0.15, 0.2) is 0 Å². The third-order valence-corrected chi connectivity index (χ3v) is 4.10. The fourth-order valence-corrected chi connectivity index (χ4v) is 2.97. The van der Waals surface area contributed by atoms with E-state index < -0.39 is 0 Å². The number of benzene rings is 1. The lowest BCUT2D eigenvalue weighted by atomic mass is 10.1. The van der Waals surface area contributed by atoms with E-state index in [4.69, 9.17) is 0 Å². The second-order valence-electron chi connectivity index (χ2n) is 5.98. The predicted molar refractivity (Wildman–Crippen MR) is 83.9 cm³/mol. The molecule has 0 aliphatic heterocycles. The lowest BCUT2D eigenvalue weighted by Gasteiger charge is -2.15. The summed E-state index contributed by atoms with van der Waals surface area (Å²) < 4.78 is 2.30. The Bertz CT molecular complexity index is 566. The van der Waals surface area contributed by atoms with Crippen LogP contribution in [0.4, 0.5) is 0 Å². The molecule has 0 saturated heterocycles. The molecule has 1 aliphatic rings. The summed E-state index contributed by atoms with van der Waals surface area (Å²) in [5.74, 6) is 0.852. The van der Waals surface area contributed by atoms with Gasteiger partial charge in [0, 0.05) is 25.0 Å². The first-order chi connectivity index (χ1) is 9.76. The van der Waals surface area contributed by atoms with Gasteiger partial charge in [-0.3, -0.25) is 0 Å². The molecule has 0 spiro atoms. The molecular formula is C18H24N2. The summed E-state index contributed by atoms with van der Waals surface area (Å²) in [4.78, 5) is 0. The first kappa shape index (κ1) is 13.4. The van der Waals surface area contributed by atoms with E-state index in [1.165, 1.54) is 29.5 Å². The highest BCUT2D eigenvalue weighted by atomic mass is 15.0. The van der Waals surface area contributed by atoms with Crippen molar-refractivity contribution >= 4 is 0 Å². The van der Waals surface area contributed by atoms with Gasteiger partial charge in [0.1, 0.15) is 0 Å². The van der Waals surface area contributed by atoms with E-state index in [1.54, 1.807) is 0 Å². The Morgan fingerprint density at radius 1 is 1.30 bits per heavy atom. The van der Waals surface area contributed by atoms with Crippen LogP contribution in [0.3, 0.4) is 0 Å². The molecule has 0 amide bonds. The first-order valence-corrected chi connectivity index (χ1v) is 7.71. The fraction of sp³-hybridized carbons (Fsp3) is 0.444. The van der Waals surface area contributed by atoms with E-state index in [0.29, 0.717) is 6.04 Å². The topological polar surface area (TPSA) is 17.0 Å². The van der Waals surface area contributed by atoms with Gasteiger partial charge in [0.2, 0.25) is 0 Å². The molecule has 2 heteroatoms. The summed E-state index contributed by atoms with van der Waals surface area (Å²) in [6.07, 6.45) is 7.28. The van der Waals surface area contributed by atoms with Gasteiger partial charge in [-0.1, -0.05) is 36.8 Å². The van der Waals surface area contributed by atoms with Gasteiger partial charge in [-0.05, 0) is 49.4 Å². The van der Waals surface area contributed by atoms with Crippen molar-refractivity contribution in [3.8, 4) is 0 Å². The van der Waals surface area contributed by atoms with E-state index in [9.17, 15) is 0 Å². The summed E-state index contributed by atoms with van der Waals surface area (Å²) in [6, 6.07) is 11.6. The Hall–Kier alpha value is -1.54. The number of nitrogens with zero attached hydrogens (tertiary/aromatic N) is 1. The zero-order valence-electron chi connectivity index (χ0n) is 12.5. The van der Waals surface area contributed by atoms with Crippen molar-refractivity contribution in [2.75, 3.05) is 6.54 Å². The van der Waals surface area contributed by atoms with E-state index >= 15 is 0 Å². The first-order valence-electron chi connectivity index (χ1n) is 7.71. The summed E-state index contributed by atoms with van der Waals surface area (Å²) in [5.41, 5.74) is 4.15. The average Bonchev–Trinajstić information content (AvgIpc) is 3.16. The number of aromatic nitrogens is 1. The number of rotatable bonds is 6. The van der Waals surface area contributed by atoms with E-state index in [2.05, 4.69) is 66.5 Å². The van der Waals surface area contributed by atoms with Crippen LogP contribution in [0.2, 0.25) is 0 Å². The lowest BCUT2D eigenvalue weighted by molar-refractivity contribution is 0.495. The summed E-state index contributed by atoms with van der Waals surface area (Å²) >= 11 is 0. The molecule has 20 heavy (non-hydrogen) atoms. The minimum absolute atomic E-state index is 0.554. The van der Waals surface area contributed by atoms with Crippen LogP contribution >= 0.6 is 0 Å². The number of nitrogens with one attached hydrogen (secondary N) is 1. The van der Waals surface area contributed by atoms with Crippen LogP contribution in [0.5, 0.6) is 0 Å². The summed E-state index contributed by atoms with van der Waals surface area (Å²) in [5, 5.41) is 3.63. The number of hydrogen-bond acceptors (Lipinski definition) is 1. The standard InChI is InChI=1S/C18H24N2/c1-3-19-18(16-7-8-16)17-9-10-20(13-17)12-15-6-4-5-14(2)11-15/h4-6,9-11,13,16,18-19H,3,7-8,12H2,1-2H3. The van der Waals surface area contributed by atoms with Gasteiger partial charge in [-0.2, -0.15) is 0 Å². The molecule has 1 atom stereocenters. The third-order valence-electron chi connectivity index (χ3n) is 4.10. The average molecular weight is 268 g/mol. The molecule has 1 N–H and O–H groups in total. The molecule has 1 fully saturated rings. The zero-order valence-corrected chi connectivity index (χ0v) is 12.5. The van der Waals surface area contributed by atoms with Crippen LogP contribution in [0, 0.1) is 12.8 Å². The molecule has 2 nitrogen and oxygen atoms in total. The van der Waals surface area contributed by atoms with Crippen molar-refractivity contribution in [3.05, 3.63) is 59.4 Å². The SMILES string of the molecule is CCNC(c1ccn(Cc2cccc(C)c2)c1)C1CC1. The Labute approximate surface area is 121 Å². The molecule has 0 bridgehead atoms. The quantitative estimate of drug-likeness (QED) is 0.840. The van der Waals surface area contributed by atoms with Crippen LogP contribution in [0.15, 0.2) is 42.7 Å². The van der Waals surface area contributed by atoms with Crippen molar-refractivity contribution in [1.82, 2.24) is 9.88 Å². The van der Waals surface area contributed by atoms with E-state index in [-0.39, 0.29) is 0 Å². The third kappa shape index (κ3) is 3.13. The van der Waals surface area contributed by atoms with Crippen molar-refractivity contribution in [2.24, 2.45) is 5.92 Å². The molecule has 2 aromatic rings. The molecule has 1 aromatic heterocycles. The number of aryl methyl sites for hydroxylation is 1. The maximum Gasteiger partial charge on any atom is 0.0470 e. The van der Waals surface area contributed by atoms with Gasteiger partial charge in [-0.25, -0.2) is 0 Å². The molecule has 1 unspecified atom stereocenters. The van der Waals surface area contributed by atoms with Crippen molar-refractivity contribution in [2.45, 2.75) is 39.3 Å². The van der Waals surface area contributed by atoms with Gasteiger partial charge in [0.25, 0.3) is 0 Å². The van der Waals surface area contributed by atoms with Gasteiger partial charge >= 0.3 is 0 Å². The maximum absolute atomic E-state index is 3.63. The minimum atomic E-state index is 0.554. The number of hydrogen-bond donors (Lipinski definition) is 1. The molecule has 1 heterocycles. The predicted octanol–water partition coefficient (Wildman–Crippen LogP) is 3.91. The normalized spacial score (nSPS) is 16.3. The zero-order chi connectivity index (χ0) is 13.9. The molecule has 106 valence electrons. The highest BCUT2D eigenvalue weighted by Gasteiger charge is 2.31. The highest BCUT2D eigenvalue weighted by Crippen LogP contribution is 2.41. The smallest absolute Gasteiger partial charge is 0.0470 e. The van der Waals surface area contributed by atoms with E-state index in [0.717, 1.165) is 19.0 Å². The van der Waals surface area contributed by atoms with Gasteiger partial charge in [0.05, 0.1) is 0 Å². The Kier molecular flexibility index (Phi) is 3.93. The van der Waals surface area contributed by atoms with Crippen LogP contribution in [-0.2, 0) is 6.54 Å². The second kappa shape index (κ2) is 5.84. The molecule has 1 saturated carbocycles. The Balaban J connectivity index is 1.72.